The number of amides is 1. The van der Waals surface area contributed by atoms with Crippen LogP contribution in [0.5, 0.6) is 0 Å². The number of nitrogens with zero attached hydrogens (tertiary/aromatic N) is 1. The molecular weight excluding hydrogens is 342 g/mol. The largest absolute Gasteiger partial charge is 0.481 e. The lowest BCUT2D eigenvalue weighted by molar-refractivity contribution is -0.143. The maximum Gasteiger partial charge on any atom is 0.410 e. The Morgan fingerprint density at radius 2 is 1.84 bits per heavy atom. The average molecular weight is 374 g/mol. The summed E-state index contributed by atoms with van der Waals surface area (Å²) in [6.07, 6.45) is 5.71. The van der Waals surface area contributed by atoms with Crippen molar-refractivity contribution in [2.75, 3.05) is 19.4 Å². The topological polar surface area (TPSA) is 76.1 Å². The molecule has 0 radical (unpaired) electrons. The van der Waals surface area contributed by atoms with Gasteiger partial charge in [-0.15, -0.1) is 0 Å². The van der Waals surface area contributed by atoms with E-state index in [0.29, 0.717) is 31.2 Å². The van der Waals surface area contributed by atoms with E-state index >= 15 is 0 Å². The molecule has 0 aromatic carbocycles. The van der Waals surface area contributed by atoms with Crippen LogP contribution < -0.4 is 0 Å². The van der Waals surface area contributed by atoms with Gasteiger partial charge in [-0.3, -0.25) is 4.79 Å². The molecule has 1 N–H and O–H groups in total. The van der Waals surface area contributed by atoms with Gasteiger partial charge in [0.1, 0.15) is 5.60 Å². The number of carboxylic acids is 1. The molecule has 25 heavy (non-hydrogen) atoms. The number of carboxylic acid groups (broad SMARTS) is 1. The van der Waals surface area contributed by atoms with Crippen LogP contribution in [0.15, 0.2) is 0 Å². The van der Waals surface area contributed by atoms with E-state index in [1.807, 2.05) is 20.8 Å². The summed E-state index contributed by atoms with van der Waals surface area (Å²) in [4.78, 5) is 25.3. The molecule has 0 spiro atoms. The zero-order valence-corrected chi connectivity index (χ0v) is 16.5. The van der Waals surface area contributed by atoms with Gasteiger partial charge in [-0.2, -0.15) is 11.8 Å². The summed E-state index contributed by atoms with van der Waals surface area (Å²) in [5.74, 6) is -0.932. The van der Waals surface area contributed by atoms with Crippen molar-refractivity contribution in [1.29, 1.82) is 0 Å². The minimum Gasteiger partial charge on any atom is -0.481 e. The first kappa shape index (κ1) is 20.4. The molecule has 1 amide bonds. The number of thioether (sulfide) groups is 1. The Morgan fingerprint density at radius 1 is 1.20 bits per heavy atom. The van der Waals surface area contributed by atoms with Crippen LogP contribution in [-0.4, -0.2) is 64.5 Å². The number of aliphatic carboxylic acids is 1. The Morgan fingerprint density at radius 3 is 2.36 bits per heavy atom. The molecule has 1 saturated carbocycles. The maximum atomic E-state index is 12.5. The van der Waals surface area contributed by atoms with Crippen LogP contribution in [0.1, 0.15) is 52.9 Å². The summed E-state index contributed by atoms with van der Waals surface area (Å²) < 4.78 is 11.6. The predicted molar refractivity (Wildman–Crippen MR) is 98.0 cm³/mol. The van der Waals surface area contributed by atoms with E-state index in [1.165, 1.54) is 0 Å². The Bertz CT molecular complexity index is 471. The van der Waals surface area contributed by atoms with Gasteiger partial charge < -0.3 is 19.5 Å². The fourth-order valence-corrected chi connectivity index (χ4v) is 4.19. The summed E-state index contributed by atoms with van der Waals surface area (Å²) in [5.41, 5.74) is -0.505. The zero-order chi connectivity index (χ0) is 18.6. The molecule has 2 atom stereocenters. The van der Waals surface area contributed by atoms with E-state index in [9.17, 15) is 9.59 Å². The number of hydrogen-bond donors (Lipinski definition) is 1. The SMILES string of the molecule is CS[C@H]1C[C@@H](COC2CCC(C(=O)O)CC2)N(C(=O)OC(C)(C)C)C1. The number of carbonyl (C=O) groups is 2. The van der Waals surface area contributed by atoms with Crippen molar-refractivity contribution >= 4 is 23.8 Å². The van der Waals surface area contributed by atoms with Crippen LogP contribution in [0.4, 0.5) is 4.79 Å². The smallest absolute Gasteiger partial charge is 0.410 e. The standard InChI is InChI=1S/C18H31NO5S/c1-18(2,3)24-17(22)19-10-15(25-4)9-13(19)11-23-14-7-5-12(6-8-14)16(20)21/h12-15H,5-11H2,1-4H3,(H,20,21)/t12?,13-,14?,15-/m0/s1. The van der Waals surface area contributed by atoms with E-state index in [-0.39, 0.29) is 24.2 Å². The quantitative estimate of drug-likeness (QED) is 0.796. The van der Waals surface area contributed by atoms with Gasteiger partial charge in [0, 0.05) is 11.8 Å². The maximum absolute atomic E-state index is 12.5. The molecule has 1 heterocycles. The van der Waals surface area contributed by atoms with Crippen molar-refractivity contribution in [3.05, 3.63) is 0 Å². The third kappa shape index (κ3) is 6.06. The van der Waals surface area contributed by atoms with Gasteiger partial charge in [0.15, 0.2) is 0 Å². The molecule has 0 aromatic heterocycles. The molecule has 1 aliphatic heterocycles. The molecule has 0 aromatic rings. The van der Waals surface area contributed by atoms with Crippen molar-refractivity contribution in [2.24, 2.45) is 5.92 Å². The van der Waals surface area contributed by atoms with E-state index in [2.05, 4.69) is 6.26 Å². The van der Waals surface area contributed by atoms with Crippen molar-refractivity contribution in [2.45, 2.75) is 75.9 Å². The summed E-state index contributed by atoms with van der Waals surface area (Å²) in [5, 5.41) is 9.48. The highest BCUT2D eigenvalue weighted by molar-refractivity contribution is 7.99. The Labute approximate surface area is 154 Å². The predicted octanol–water partition coefficient (Wildman–Crippen LogP) is 3.39. The van der Waals surface area contributed by atoms with E-state index in [0.717, 1.165) is 19.3 Å². The minimum atomic E-state index is -0.701. The van der Waals surface area contributed by atoms with Crippen molar-refractivity contribution < 1.29 is 24.2 Å². The molecule has 6 nitrogen and oxygen atoms in total. The minimum absolute atomic E-state index is 0.0319. The van der Waals surface area contributed by atoms with Crippen molar-refractivity contribution in [3.63, 3.8) is 0 Å². The third-order valence-corrected chi connectivity index (χ3v) is 5.89. The Hall–Kier alpha value is -0.950. The van der Waals surface area contributed by atoms with Crippen molar-refractivity contribution in [1.82, 2.24) is 4.90 Å². The second kappa shape index (κ2) is 8.62. The lowest BCUT2D eigenvalue weighted by atomic mass is 9.87. The van der Waals surface area contributed by atoms with Crippen LogP contribution in [-0.2, 0) is 14.3 Å². The molecular formula is C18H31NO5S. The number of ether oxygens (including phenoxy) is 2. The summed E-state index contributed by atoms with van der Waals surface area (Å²) in [6, 6.07) is 0.0319. The highest BCUT2D eigenvalue weighted by Crippen LogP contribution is 2.30. The van der Waals surface area contributed by atoms with Gasteiger partial charge in [-0.1, -0.05) is 0 Å². The van der Waals surface area contributed by atoms with Crippen LogP contribution in [0.3, 0.4) is 0 Å². The summed E-state index contributed by atoms with van der Waals surface area (Å²) in [6.45, 7) is 6.81. The van der Waals surface area contributed by atoms with Crippen LogP contribution >= 0.6 is 11.8 Å². The molecule has 7 heteroatoms. The van der Waals surface area contributed by atoms with Gasteiger partial charge in [-0.25, -0.2) is 4.79 Å². The highest BCUT2D eigenvalue weighted by atomic mass is 32.2. The van der Waals surface area contributed by atoms with Gasteiger partial charge in [0.05, 0.1) is 24.7 Å². The highest BCUT2D eigenvalue weighted by Gasteiger charge is 2.38. The molecule has 2 aliphatic rings. The van der Waals surface area contributed by atoms with Gasteiger partial charge in [0.2, 0.25) is 0 Å². The fourth-order valence-electron chi connectivity index (χ4n) is 3.47. The van der Waals surface area contributed by atoms with Crippen LogP contribution in [0.2, 0.25) is 0 Å². The Kier molecular flexibility index (Phi) is 7.02. The zero-order valence-electron chi connectivity index (χ0n) is 15.7. The molecule has 1 saturated heterocycles. The second-order valence-electron chi connectivity index (χ2n) is 8.03. The molecule has 1 aliphatic carbocycles. The average Bonchev–Trinajstić information content (AvgIpc) is 2.95. The number of hydrogen-bond acceptors (Lipinski definition) is 5. The number of likely N-dealkylation sites (tertiary alicyclic amines) is 1. The van der Waals surface area contributed by atoms with Gasteiger partial charge >= 0.3 is 12.1 Å². The molecule has 2 rings (SSSR count). The normalized spacial score (nSPS) is 30.3. The first-order valence-corrected chi connectivity index (χ1v) is 10.3. The van der Waals surface area contributed by atoms with Crippen molar-refractivity contribution in [3.8, 4) is 0 Å². The molecule has 144 valence electrons. The molecule has 2 fully saturated rings. The summed E-state index contributed by atoms with van der Waals surface area (Å²) >= 11 is 1.77. The van der Waals surface area contributed by atoms with E-state index < -0.39 is 11.6 Å². The summed E-state index contributed by atoms with van der Waals surface area (Å²) in [7, 11) is 0. The lowest BCUT2D eigenvalue weighted by Gasteiger charge is -2.31. The first-order chi connectivity index (χ1) is 11.7. The van der Waals surface area contributed by atoms with Gasteiger partial charge in [-0.05, 0) is 59.1 Å². The lowest BCUT2D eigenvalue weighted by Crippen LogP contribution is -2.42. The van der Waals surface area contributed by atoms with E-state index in [1.54, 1.807) is 16.7 Å². The second-order valence-corrected chi connectivity index (χ2v) is 9.16. The monoisotopic (exact) mass is 373 g/mol. The van der Waals surface area contributed by atoms with Gasteiger partial charge in [0.25, 0.3) is 0 Å². The fraction of sp³-hybridized carbons (Fsp3) is 0.889. The molecule has 0 bridgehead atoms. The van der Waals surface area contributed by atoms with Crippen LogP contribution in [0.25, 0.3) is 0 Å². The first-order valence-electron chi connectivity index (χ1n) is 9.06. The molecule has 0 unspecified atom stereocenters. The number of rotatable bonds is 5. The van der Waals surface area contributed by atoms with Crippen LogP contribution in [0, 0.1) is 5.92 Å². The third-order valence-electron chi connectivity index (χ3n) is 4.89. The Balaban J connectivity index is 1.86. The number of carbonyl (C=O) groups excluding carboxylic acids is 1. The van der Waals surface area contributed by atoms with E-state index in [4.69, 9.17) is 14.6 Å².